The molecule has 0 saturated carbocycles. The summed E-state index contributed by atoms with van der Waals surface area (Å²) in [4.78, 5) is 15.8. The number of nitrogens with zero attached hydrogens (tertiary/aromatic N) is 2. The number of carbonyl (C=O) groups is 1. The Morgan fingerprint density at radius 2 is 1.50 bits per heavy atom. The maximum absolute atomic E-state index is 11.3. The van der Waals surface area contributed by atoms with E-state index >= 15 is 0 Å². The van der Waals surface area contributed by atoms with Crippen molar-refractivity contribution in [3.05, 3.63) is 65.2 Å². The van der Waals surface area contributed by atoms with Crippen molar-refractivity contribution in [2.45, 2.75) is 25.8 Å². The van der Waals surface area contributed by atoms with Gasteiger partial charge in [0.05, 0.1) is 12.0 Å². The Morgan fingerprint density at radius 1 is 1.00 bits per heavy atom. The molecule has 4 nitrogen and oxygen atoms in total. The van der Waals surface area contributed by atoms with Gasteiger partial charge in [0.15, 0.2) is 0 Å². The first-order valence-electron chi connectivity index (χ1n) is 9.26. The summed E-state index contributed by atoms with van der Waals surface area (Å²) in [7, 11) is 4.09. The molecule has 1 heterocycles. The highest BCUT2D eigenvalue weighted by atomic mass is 16.4. The molecule has 1 unspecified atom stereocenters. The van der Waals surface area contributed by atoms with Crippen molar-refractivity contribution in [1.82, 2.24) is 4.90 Å². The zero-order chi connectivity index (χ0) is 18.7. The van der Waals surface area contributed by atoms with E-state index in [9.17, 15) is 9.90 Å². The lowest BCUT2D eigenvalue weighted by Crippen LogP contribution is -2.39. The number of aliphatic carboxylic acids is 1. The van der Waals surface area contributed by atoms with Crippen LogP contribution in [0, 0.1) is 12.8 Å². The maximum atomic E-state index is 11.3. The normalized spacial score (nSPS) is 17.0. The Balaban J connectivity index is 1.89. The third-order valence-corrected chi connectivity index (χ3v) is 5.36. The van der Waals surface area contributed by atoms with Crippen molar-refractivity contribution >= 4 is 11.7 Å². The molecule has 2 aromatic rings. The molecular formula is C22H28N2O2. The van der Waals surface area contributed by atoms with E-state index in [1.807, 2.05) is 14.1 Å². The van der Waals surface area contributed by atoms with E-state index in [-0.39, 0.29) is 12.0 Å². The minimum absolute atomic E-state index is 0.168. The van der Waals surface area contributed by atoms with Crippen molar-refractivity contribution in [3.8, 4) is 0 Å². The van der Waals surface area contributed by atoms with E-state index < -0.39 is 5.97 Å². The molecule has 1 aliphatic rings. The number of piperidine rings is 1. The number of likely N-dealkylation sites (tertiary alicyclic amines) is 1. The molecule has 26 heavy (non-hydrogen) atoms. The number of hydrogen-bond acceptors (Lipinski definition) is 3. The minimum Gasteiger partial charge on any atom is -0.481 e. The third kappa shape index (κ3) is 4.07. The smallest absolute Gasteiger partial charge is 0.306 e. The molecule has 0 aliphatic carbocycles. The summed E-state index contributed by atoms with van der Waals surface area (Å²) < 4.78 is 0. The molecule has 1 saturated heterocycles. The molecule has 0 radical (unpaired) electrons. The highest BCUT2D eigenvalue weighted by molar-refractivity contribution is 5.70. The first-order chi connectivity index (χ1) is 12.5. The third-order valence-electron chi connectivity index (χ3n) is 5.36. The number of anilines is 1. The fraction of sp³-hybridized carbons (Fsp3) is 0.409. The maximum Gasteiger partial charge on any atom is 0.306 e. The van der Waals surface area contributed by atoms with Gasteiger partial charge in [0, 0.05) is 19.8 Å². The molecule has 3 rings (SSSR count). The summed E-state index contributed by atoms with van der Waals surface area (Å²) in [6.45, 7) is 3.72. The Morgan fingerprint density at radius 3 is 1.96 bits per heavy atom. The van der Waals surface area contributed by atoms with Crippen LogP contribution in [-0.2, 0) is 4.79 Å². The second kappa shape index (κ2) is 7.92. The second-order valence-corrected chi connectivity index (χ2v) is 7.45. The molecule has 0 bridgehead atoms. The van der Waals surface area contributed by atoms with E-state index in [0.717, 1.165) is 13.1 Å². The van der Waals surface area contributed by atoms with Crippen LogP contribution < -0.4 is 4.90 Å². The molecule has 0 spiro atoms. The second-order valence-electron chi connectivity index (χ2n) is 7.45. The van der Waals surface area contributed by atoms with Crippen molar-refractivity contribution in [2.75, 3.05) is 32.1 Å². The topological polar surface area (TPSA) is 43.8 Å². The van der Waals surface area contributed by atoms with E-state index in [2.05, 4.69) is 65.3 Å². The quantitative estimate of drug-likeness (QED) is 0.885. The lowest BCUT2D eigenvalue weighted by molar-refractivity contribution is -0.143. The molecule has 2 aromatic carbocycles. The van der Waals surface area contributed by atoms with E-state index in [4.69, 9.17) is 0 Å². The fourth-order valence-electron chi connectivity index (χ4n) is 3.72. The predicted octanol–water partition coefficient (Wildman–Crippen LogP) is 3.95. The Labute approximate surface area is 156 Å². The zero-order valence-electron chi connectivity index (χ0n) is 15.9. The molecule has 1 aliphatic heterocycles. The van der Waals surface area contributed by atoms with E-state index in [1.165, 1.54) is 22.4 Å². The van der Waals surface area contributed by atoms with Gasteiger partial charge in [-0.25, -0.2) is 0 Å². The van der Waals surface area contributed by atoms with Crippen LogP contribution in [0.5, 0.6) is 0 Å². The lowest BCUT2D eigenvalue weighted by atomic mass is 9.91. The van der Waals surface area contributed by atoms with Crippen LogP contribution in [-0.4, -0.2) is 43.2 Å². The average Bonchev–Trinajstić information content (AvgIpc) is 2.64. The van der Waals surface area contributed by atoms with Gasteiger partial charge in [-0.3, -0.25) is 9.69 Å². The molecule has 1 fully saturated rings. The number of carboxylic acids is 1. The molecule has 4 heteroatoms. The predicted molar refractivity (Wildman–Crippen MR) is 106 cm³/mol. The standard InChI is InChI=1S/C22H28N2O2/c1-16-4-6-17(7-5-16)21(18-8-10-20(11-9-18)23(2)3)24-14-12-19(13-15-24)22(25)26/h4-11,19,21H,12-15H2,1-3H3,(H,25,26). The Bertz CT molecular complexity index is 730. The van der Waals surface area contributed by atoms with E-state index in [0.29, 0.717) is 12.8 Å². The summed E-state index contributed by atoms with van der Waals surface area (Å²) in [5.41, 5.74) is 4.95. The molecule has 0 aromatic heterocycles. The number of aryl methyl sites for hydroxylation is 1. The van der Waals surface area contributed by atoms with Gasteiger partial charge in [-0.2, -0.15) is 0 Å². The Hall–Kier alpha value is -2.33. The van der Waals surface area contributed by atoms with Gasteiger partial charge in [-0.15, -0.1) is 0 Å². The van der Waals surface area contributed by atoms with Gasteiger partial charge in [0.2, 0.25) is 0 Å². The van der Waals surface area contributed by atoms with Gasteiger partial charge < -0.3 is 10.0 Å². The van der Waals surface area contributed by atoms with Crippen molar-refractivity contribution in [2.24, 2.45) is 5.92 Å². The lowest BCUT2D eigenvalue weighted by Gasteiger charge is -2.37. The van der Waals surface area contributed by atoms with Crippen LogP contribution in [0.3, 0.4) is 0 Å². The highest BCUT2D eigenvalue weighted by Gasteiger charge is 2.30. The zero-order valence-corrected chi connectivity index (χ0v) is 15.9. The van der Waals surface area contributed by atoms with Crippen molar-refractivity contribution < 1.29 is 9.90 Å². The van der Waals surface area contributed by atoms with Gasteiger partial charge in [0.1, 0.15) is 0 Å². The first-order valence-corrected chi connectivity index (χ1v) is 9.26. The van der Waals surface area contributed by atoms with Gasteiger partial charge in [-0.1, -0.05) is 42.0 Å². The van der Waals surface area contributed by atoms with Crippen LogP contribution in [0.15, 0.2) is 48.5 Å². The summed E-state index contributed by atoms with van der Waals surface area (Å²) in [6, 6.07) is 17.6. The molecule has 0 amide bonds. The van der Waals surface area contributed by atoms with Crippen LogP contribution in [0.25, 0.3) is 0 Å². The van der Waals surface area contributed by atoms with Crippen LogP contribution >= 0.6 is 0 Å². The van der Waals surface area contributed by atoms with Gasteiger partial charge in [-0.05, 0) is 56.1 Å². The summed E-state index contributed by atoms with van der Waals surface area (Å²) in [6.07, 6.45) is 1.43. The van der Waals surface area contributed by atoms with Crippen LogP contribution in [0.1, 0.15) is 35.6 Å². The largest absolute Gasteiger partial charge is 0.481 e. The number of carboxylic acid groups (broad SMARTS) is 1. The fourth-order valence-corrected chi connectivity index (χ4v) is 3.72. The van der Waals surface area contributed by atoms with Crippen molar-refractivity contribution in [3.63, 3.8) is 0 Å². The summed E-state index contributed by atoms with van der Waals surface area (Å²) in [5.74, 6) is -0.868. The van der Waals surface area contributed by atoms with Gasteiger partial charge >= 0.3 is 5.97 Å². The monoisotopic (exact) mass is 352 g/mol. The Kier molecular flexibility index (Phi) is 5.62. The molecule has 138 valence electrons. The first kappa shape index (κ1) is 18.5. The van der Waals surface area contributed by atoms with Crippen molar-refractivity contribution in [1.29, 1.82) is 0 Å². The van der Waals surface area contributed by atoms with Crippen LogP contribution in [0.2, 0.25) is 0 Å². The van der Waals surface area contributed by atoms with E-state index in [1.54, 1.807) is 0 Å². The SMILES string of the molecule is Cc1ccc(C(c2ccc(N(C)C)cc2)N2CCC(C(=O)O)CC2)cc1. The molecule has 1 N–H and O–H groups in total. The average molecular weight is 352 g/mol. The molecular weight excluding hydrogens is 324 g/mol. The number of benzene rings is 2. The number of rotatable bonds is 5. The molecule has 1 atom stereocenters. The summed E-state index contributed by atoms with van der Waals surface area (Å²) >= 11 is 0. The minimum atomic E-state index is -0.660. The highest BCUT2D eigenvalue weighted by Crippen LogP contribution is 2.33. The van der Waals surface area contributed by atoms with Gasteiger partial charge in [0.25, 0.3) is 0 Å². The summed E-state index contributed by atoms with van der Waals surface area (Å²) in [5, 5.41) is 9.29. The number of hydrogen-bond donors (Lipinski definition) is 1. The van der Waals surface area contributed by atoms with Crippen LogP contribution in [0.4, 0.5) is 5.69 Å².